The number of aromatic nitrogens is 2. The van der Waals surface area contributed by atoms with Crippen molar-refractivity contribution in [2.24, 2.45) is 12.8 Å². The molecular weight excluding hydrogens is 347 g/mol. The van der Waals surface area contributed by atoms with Gasteiger partial charge in [-0.2, -0.15) is 5.10 Å². The number of halogens is 2. The predicted octanol–water partition coefficient (Wildman–Crippen LogP) is 3.41. The SMILES string of the molecule is CCC(N)(CC)CNC(=O)c1cn(C)nc1-c1ccccc1Cl.Cl. The lowest BCUT2D eigenvalue weighted by Gasteiger charge is -2.26. The molecule has 1 aromatic carbocycles. The van der Waals surface area contributed by atoms with E-state index in [-0.39, 0.29) is 23.9 Å². The minimum atomic E-state index is -0.386. The van der Waals surface area contributed by atoms with Gasteiger partial charge in [-0.15, -0.1) is 12.4 Å². The molecule has 0 bridgehead atoms. The lowest BCUT2D eigenvalue weighted by atomic mass is 9.94. The van der Waals surface area contributed by atoms with Crippen molar-refractivity contribution in [1.82, 2.24) is 15.1 Å². The third kappa shape index (κ3) is 4.50. The molecule has 5 nitrogen and oxygen atoms in total. The standard InChI is InChI=1S/C17H23ClN4O.ClH/c1-4-17(19,5-2)11-20-16(23)13-10-22(3)21-15(13)12-8-6-7-9-14(12)18;/h6-10H,4-5,11,19H2,1-3H3,(H,20,23);1H. The molecule has 0 fully saturated rings. The van der Waals surface area contributed by atoms with Crippen LogP contribution in [0.25, 0.3) is 11.3 Å². The summed E-state index contributed by atoms with van der Waals surface area (Å²) in [6, 6.07) is 7.36. The molecule has 1 heterocycles. The molecule has 0 aliphatic carbocycles. The van der Waals surface area contributed by atoms with Crippen LogP contribution in [0.15, 0.2) is 30.5 Å². The highest BCUT2D eigenvalue weighted by Crippen LogP contribution is 2.29. The van der Waals surface area contributed by atoms with E-state index in [2.05, 4.69) is 10.4 Å². The van der Waals surface area contributed by atoms with Crippen LogP contribution in [0.4, 0.5) is 0 Å². The second-order valence-electron chi connectivity index (χ2n) is 5.80. The van der Waals surface area contributed by atoms with Gasteiger partial charge in [-0.3, -0.25) is 9.48 Å². The summed E-state index contributed by atoms with van der Waals surface area (Å²) >= 11 is 6.24. The quantitative estimate of drug-likeness (QED) is 0.817. The van der Waals surface area contributed by atoms with Crippen LogP contribution in [0.1, 0.15) is 37.0 Å². The summed E-state index contributed by atoms with van der Waals surface area (Å²) < 4.78 is 1.61. The number of hydrogen-bond donors (Lipinski definition) is 2. The Bertz CT molecular complexity index is 696. The van der Waals surface area contributed by atoms with Gasteiger partial charge in [-0.25, -0.2) is 0 Å². The summed E-state index contributed by atoms with van der Waals surface area (Å²) in [6.07, 6.45) is 3.30. The molecule has 0 aliphatic heterocycles. The molecule has 0 saturated carbocycles. The van der Waals surface area contributed by atoms with Crippen LogP contribution in [0.3, 0.4) is 0 Å². The molecule has 0 spiro atoms. The summed E-state index contributed by atoms with van der Waals surface area (Å²) in [5.41, 5.74) is 7.67. The van der Waals surface area contributed by atoms with E-state index in [9.17, 15) is 4.79 Å². The van der Waals surface area contributed by atoms with Crippen molar-refractivity contribution in [1.29, 1.82) is 0 Å². The van der Waals surface area contributed by atoms with Crippen molar-refractivity contribution in [3.05, 3.63) is 41.0 Å². The van der Waals surface area contributed by atoms with Crippen molar-refractivity contribution in [2.75, 3.05) is 6.54 Å². The van der Waals surface area contributed by atoms with E-state index in [4.69, 9.17) is 17.3 Å². The van der Waals surface area contributed by atoms with Crippen LogP contribution >= 0.6 is 24.0 Å². The Labute approximate surface area is 154 Å². The minimum absolute atomic E-state index is 0. The number of nitrogens with one attached hydrogen (secondary N) is 1. The van der Waals surface area contributed by atoms with Gasteiger partial charge in [0.25, 0.3) is 5.91 Å². The van der Waals surface area contributed by atoms with Gasteiger partial charge in [0.2, 0.25) is 0 Å². The van der Waals surface area contributed by atoms with Gasteiger partial charge in [-0.05, 0) is 18.9 Å². The van der Waals surface area contributed by atoms with Crippen molar-refractivity contribution < 1.29 is 4.79 Å². The molecule has 1 amide bonds. The average molecular weight is 371 g/mol. The van der Waals surface area contributed by atoms with E-state index < -0.39 is 0 Å². The molecule has 0 aliphatic rings. The largest absolute Gasteiger partial charge is 0.350 e. The Morgan fingerprint density at radius 2 is 1.96 bits per heavy atom. The van der Waals surface area contributed by atoms with Gasteiger partial charge in [0.15, 0.2) is 0 Å². The highest BCUT2D eigenvalue weighted by Gasteiger charge is 2.24. The van der Waals surface area contributed by atoms with E-state index >= 15 is 0 Å². The van der Waals surface area contributed by atoms with E-state index in [1.165, 1.54) is 0 Å². The number of hydrogen-bond acceptors (Lipinski definition) is 3. The molecule has 24 heavy (non-hydrogen) atoms. The Morgan fingerprint density at radius 3 is 2.54 bits per heavy atom. The topological polar surface area (TPSA) is 72.9 Å². The van der Waals surface area contributed by atoms with Gasteiger partial charge in [0, 0.05) is 30.9 Å². The first-order valence-electron chi connectivity index (χ1n) is 7.76. The smallest absolute Gasteiger partial charge is 0.255 e. The first kappa shape index (κ1) is 20.5. The molecular formula is C17H24Cl2N4O. The van der Waals surface area contributed by atoms with Gasteiger partial charge >= 0.3 is 0 Å². The molecule has 1 aromatic heterocycles. The van der Waals surface area contributed by atoms with Gasteiger partial charge < -0.3 is 11.1 Å². The molecule has 7 heteroatoms. The zero-order valence-corrected chi connectivity index (χ0v) is 15.7. The van der Waals surface area contributed by atoms with Crippen molar-refractivity contribution in [3.8, 4) is 11.3 Å². The van der Waals surface area contributed by atoms with Crippen LogP contribution in [0.2, 0.25) is 5.02 Å². The number of aryl methyl sites for hydroxylation is 1. The highest BCUT2D eigenvalue weighted by molar-refractivity contribution is 6.33. The fraction of sp³-hybridized carbons (Fsp3) is 0.412. The lowest BCUT2D eigenvalue weighted by Crippen LogP contribution is -2.49. The second kappa shape index (κ2) is 8.51. The molecule has 2 aromatic rings. The molecule has 132 valence electrons. The number of nitrogens with two attached hydrogens (primary N) is 1. The second-order valence-corrected chi connectivity index (χ2v) is 6.20. The fourth-order valence-corrected chi connectivity index (χ4v) is 2.58. The Balaban J connectivity index is 0.00000288. The number of nitrogens with zero attached hydrogens (tertiary/aromatic N) is 2. The van der Waals surface area contributed by atoms with Crippen molar-refractivity contribution in [2.45, 2.75) is 32.2 Å². The van der Waals surface area contributed by atoms with Crippen molar-refractivity contribution in [3.63, 3.8) is 0 Å². The monoisotopic (exact) mass is 370 g/mol. The van der Waals surface area contributed by atoms with E-state index in [0.29, 0.717) is 22.8 Å². The van der Waals surface area contributed by atoms with Gasteiger partial charge in [0.1, 0.15) is 5.69 Å². The van der Waals surface area contributed by atoms with Gasteiger partial charge in [-0.1, -0.05) is 43.6 Å². The normalized spacial score (nSPS) is 11.0. The summed E-state index contributed by atoms with van der Waals surface area (Å²) in [4.78, 5) is 12.6. The number of carbonyl (C=O) groups is 1. The Morgan fingerprint density at radius 1 is 1.33 bits per heavy atom. The van der Waals surface area contributed by atoms with Crippen LogP contribution in [0, 0.1) is 0 Å². The van der Waals surface area contributed by atoms with Crippen LogP contribution in [-0.2, 0) is 7.05 Å². The molecule has 3 N–H and O–H groups in total. The van der Waals surface area contributed by atoms with Crippen molar-refractivity contribution >= 4 is 29.9 Å². The number of amides is 1. The zero-order chi connectivity index (χ0) is 17.0. The third-order valence-electron chi connectivity index (χ3n) is 4.21. The summed E-state index contributed by atoms with van der Waals surface area (Å²) in [7, 11) is 1.78. The van der Waals surface area contributed by atoms with Crippen LogP contribution in [-0.4, -0.2) is 27.8 Å². The molecule has 0 atom stereocenters. The maximum Gasteiger partial charge on any atom is 0.255 e. The average Bonchev–Trinajstić information content (AvgIpc) is 2.94. The number of benzene rings is 1. The fourth-order valence-electron chi connectivity index (χ4n) is 2.36. The zero-order valence-electron chi connectivity index (χ0n) is 14.2. The maximum atomic E-state index is 12.6. The first-order valence-corrected chi connectivity index (χ1v) is 8.13. The predicted molar refractivity (Wildman–Crippen MR) is 101 cm³/mol. The third-order valence-corrected chi connectivity index (χ3v) is 4.54. The summed E-state index contributed by atoms with van der Waals surface area (Å²) in [5, 5.41) is 7.88. The molecule has 0 unspecified atom stereocenters. The van der Waals surface area contributed by atoms with E-state index in [0.717, 1.165) is 18.4 Å². The summed E-state index contributed by atoms with van der Waals surface area (Å²) in [5.74, 6) is -0.190. The number of rotatable bonds is 6. The number of carbonyl (C=O) groups excluding carboxylic acids is 1. The summed E-state index contributed by atoms with van der Waals surface area (Å²) in [6.45, 7) is 4.47. The van der Waals surface area contributed by atoms with Crippen LogP contribution in [0.5, 0.6) is 0 Å². The molecule has 0 saturated heterocycles. The molecule has 0 radical (unpaired) electrons. The van der Waals surface area contributed by atoms with Crippen LogP contribution < -0.4 is 11.1 Å². The lowest BCUT2D eigenvalue weighted by molar-refractivity contribution is 0.0942. The first-order chi connectivity index (χ1) is 10.9. The highest BCUT2D eigenvalue weighted by atomic mass is 35.5. The van der Waals surface area contributed by atoms with E-state index in [1.54, 1.807) is 24.0 Å². The van der Waals surface area contributed by atoms with Gasteiger partial charge in [0.05, 0.1) is 10.6 Å². The van der Waals surface area contributed by atoms with E-state index in [1.807, 2.05) is 32.0 Å². The Kier molecular flexibility index (Phi) is 7.27. The molecule has 2 rings (SSSR count). The minimum Gasteiger partial charge on any atom is -0.350 e. The maximum absolute atomic E-state index is 12.6. The Hall–Kier alpha value is -1.56.